The van der Waals surface area contributed by atoms with E-state index in [1.165, 1.54) is 38.5 Å². The first-order valence-electron chi connectivity index (χ1n) is 8.85. The summed E-state index contributed by atoms with van der Waals surface area (Å²) in [5.41, 5.74) is 0.687. The van der Waals surface area contributed by atoms with Crippen LogP contribution in [0.25, 0.3) is 0 Å². The maximum absolute atomic E-state index is 11.4. The number of allylic oxidation sites excluding steroid dienone is 1. The Morgan fingerprint density at radius 3 is 1.57 bits per heavy atom. The van der Waals surface area contributed by atoms with Crippen LogP contribution in [0.2, 0.25) is 6.04 Å². The van der Waals surface area contributed by atoms with Crippen molar-refractivity contribution in [3.8, 4) is 0 Å². The lowest BCUT2D eigenvalue weighted by Gasteiger charge is -2.24. The van der Waals surface area contributed by atoms with Crippen LogP contribution in [0.5, 0.6) is 0 Å². The fourth-order valence-electron chi connectivity index (χ4n) is 2.63. The first-order valence-corrected chi connectivity index (χ1v) is 10.8. The lowest BCUT2D eigenvalue weighted by molar-refractivity contribution is -0.115. The zero-order chi connectivity index (χ0) is 17.6. The van der Waals surface area contributed by atoms with Crippen LogP contribution in [0.1, 0.15) is 71.1 Å². The van der Waals surface area contributed by atoms with Crippen LogP contribution < -0.4 is 0 Å². The summed E-state index contributed by atoms with van der Waals surface area (Å²) in [7, 11) is 2.65. The summed E-state index contributed by atoms with van der Waals surface area (Å²) in [5.74, 6) is 0.216. The molecule has 0 rings (SSSR count). The van der Waals surface area contributed by atoms with Crippen LogP contribution in [0.3, 0.4) is 0 Å². The van der Waals surface area contributed by atoms with Crippen molar-refractivity contribution >= 4 is 14.6 Å². The standard InChI is InChI=1S/C18H36O4Si/c1-17(2)18(19)15-13-11-9-7-6-8-10-12-14-16-23(20-3,21-4)22-5/h1,6-16H2,2-5H3. The maximum atomic E-state index is 11.4. The van der Waals surface area contributed by atoms with Gasteiger partial charge in [-0.3, -0.25) is 4.79 Å². The topological polar surface area (TPSA) is 44.8 Å². The number of hydrogen-bond acceptors (Lipinski definition) is 4. The molecule has 0 aliphatic carbocycles. The van der Waals surface area contributed by atoms with Gasteiger partial charge in [-0.05, 0) is 25.3 Å². The summed E-state index contributed by atoms with van der Waals surface area (Å²) >= 11 is 0. The third kappa shape index (κ3) is 10.8. The molecule has 0 N–H and O–H groups in total. The van der Waals surface area contributed by atoms with Crippen molar-refractivity contribution in [1.29, 1.82) is 0 Å². The Kier molecular flexibility index (Phi) is 13.6. The van der Waals surface area contributed by atoms with E-state index in [0.29, 0.717) is 12.0 Å². The van der Waals surface area contributed by atoms with Gasteiger partial charge in [-0.25, -0.2) is 0 Å². The van der Waals surface area contributed by atoms with Crippen molar-refractivity contribution in [3.05, 3.63) is 12.2 Å². The highest BCUT2D eigenvalue weighted by Gasteiger charge is 2.36. The van der Waals surface area contributed by atoms with Crippen molar-refractivity contribution in [2.75, 3.05) is 21.3 Å². The lowest BCUT2D eigenvalue weighted by atomic mass is 10.0. The molecule has 23 heavy (non-hydrogen) atoms. The van der Waals surface area contributed by atoms with Crippen LogP contribution in [-0.4, -0.2) is 35.9 Å². The van der Waals surface area contributed by atoms with Crippen molar-refractivity contribution < 1.29 is 18.1 Å². The number of ketones is 1. The maximum Gasteiger partial charge on any atom is 0.500 e. The summed E-state index contributed by atoms with van der Waals surface area (Å²) in [6.45, 7) is 5.47. The Hall–Kier alpha value is -0.493. The smallest absolute Gasteiger partial charge is 0.377 e. The van der Waals surface area contributed by atoms with E-state index in [-0.39, 0.29) is 5.78 Å². The molecule has 0 aliphatic heterocycles. The number of carbonyl (C=O) groups excluding carboxylic acids is 1. The third-order valence-electron chi connectivity index (χ3n) is 4.30. The summed E-state index contributed by atoms with van der Waals surface area (Å²) in [5, 5.41) is 0. The summed E-state index contributed by atoms with van der Waals surface area (Å²) < 4.78 is 16.2. The van der Waals surface area contributed by atoms with E-state index < -0.39 is 8.80 Å². The van der Waals surface area contributed by atoms with E-state index >= 15 is 0 Å². The predicted molar refractivity (Wildman–Crippen MR) is 97.6 cm³/mol. The molecule has 0 atom stereocenters. The third-order valence-corrected chi connectivity index (χ3v) is 7.13. The molecule has 0 aliphatic rings. The van der Waals surface area contributed by atoms with Crippen LogP contribution in [0.15, 0.2) is 12.2 Å². The van der Waals surface area contributed by atoms with Crippen molar-refractivity contribution in [2.45, 2.75) is 77.2 Å². The van der Waals surface area contributed by atoms with E-state index in [1.54, 1.807) is 28.3 Å². The van der Waals surface area contributed by atoms with Crippen LogP contribution in [0, 0.1) is 0 Å². The molecule has 0 aromatic rings. The molecule has 0 saturated carbocycles. The molecular formula is C18H36O4Si. The number of carbonyl (C=O) groups is 1. The minimum atomic E-state index is -2.36. The average Bonchev–Trinajstić information content (AvgIpc) is 2.56. The second-order valence-electron chi connectivity index (χ2n) is 6.18. The molecule has 4 nitrogen and oxygen atoms in total. The molecule has 0 amide bonds. The van der Waals surface area contributed by atoms with Gasteiger partial charge in [0.1, 0.15) is 0 Å². The fraction of sp³-hybridized carbons (Fsp3) is 0.833. The zero-order valence-corrected chi connectivity index (χ0v) is 16.6. The summed E-state index contributed by atoms with van der Waals surface area (Å²) in [6.07, 6.45) is 11.5. The summed E-state index contributed by atoms with van der Waals surface area (Å²) in [6, 6.07) is 0.896. The van der Waals surface area contributed by atoms with E-state index in [4.69, 9.17) is 13.3 Å². The highest BCUT2D eigenvalue weighted by atomic mass is 28.4. The van der Waals surface area contributed by atoms with Gasteiger partial charge in [0.25, 0.3) is 0 Å². The van der Waals surface area contributed by atoms with E-state index in [1.807, 2.05) is 0 Å². The zero-order valence-electron chi connectivity index (χ0n) is 15.6. The van der Waals surface area contributed by atoms with Crippen LogP contribution in [-0.2, 0) is 18.1 Å². The van der Waals surface area contributed by atoms with Gasteiger partial charge in [-0.1, -0.05) is 51.5 Å². The second kappa shape index (κ2) is 13.9. The number of rotatable bonds is 16. The number of hydrogen-bond donors (Lipinski definition) is 0. The minimum Gasteiger partial charge on any atom is -0.377 e. The summed E-state index contributed by atoms with van der Waals surface area (Å²) in [4.78, 5) is 11.4. The molecule has 0 unspecified atom stereocenters. The number of Topliss-reactive ketones (excluding diaryl/α,β-unsaturated/α-hetero) is 1. The first kappa shape index (κ1) is 22.5. The SMILES string of the molecule is C=C(C)C(=O)CCCCCCCCCCC[Si](OC)(OC)OC. The molecule has 0 heterocycles. The molecule has 5 heteroatoms. The average molecular weight is 345 g/mol. The van der Waals surface area contributed by atoms with Crippen molar-refractivity contribution in [1.82, 2.24) is 0 Å². The molecule has 136 valence electrons. The highest BCUT2D eigenvalue weighted by Crippen LogP contribution is 2.18. The molecule has 0 aromatic carbocycles. The quantitative estimate of drug-likeness (QED) is 0.227. The Labute approximate surface area is 144 Å². The molecule has 0 fully saturated rings. The molecule has 0 aromatic heterocycles. The van der Waals surface area contributed by atoms with Gasteiger partial charge in [-0.2, -0.15) is 0 Å². The first-order chi connectivity index (χ1) is 11.0. The fourth-order valence-corrected chi connectivity index (χ4v) is 4.43. The molecule has 0 radical (unpaired) electrons. The Bertz CT molecular complexity index is 319. The molecule has 0 saturated heterocycles. The monoisotopic (exact) mass is 344 g/mol. The van der Waals surface area contributed by atoms with Gasteiger partial charge in [-0.15, -0.1) is 0 Å². The van der Waals surface area contributed by atoms with Crippen molar-refractivity contribution in [3.63, 3.8) is 0 Å². The largest absolute Gasteiger partial charge is 0.500 e. The molecule has 0 spiro atoms. The van der Waals surface area contributed by atoms with E-state index in [9.17, 15) is 4.79 Å². The van der Waals surface area contributed by atoms with Gasteiger partial charge in [0.2, 0.25) is 0 Å². The van der Waals surface area contributed by atoms with Gasteiger partial charge in [0.15, 0.2) is 5.78 Å². The Morgan fingerprint density at radius 1 is 0.783 bits per heavy atom. The van der Waals surface area contributed by atoms with E-state index in [2.05, 4.69) is 6.58 Å². The van der Waals surface area contributed by atoms with Crippen LogP contribution >= 0.6 is 0 Å². The van der Waals surface area contributed by atoms with Crippen molar-refractivity contribution in [2.24, 2.45) is 0 Å². The lowest BCUT2D eigenvalue weighted by Crippen LogP contribution is -2.42. The highest BCUT2D eigenvalue weighted by molar-refractivity contribution is 6.60. The van der Waals surface area contributed by atoms with E-state index in [0.717, 1.165) is 25.3 Å². The minimum absolute atomic E-state index is 0.216. The van der Waals surface area contributed by atoms with Gasteiger partial charge >= 0.3 is 8.80 Å². The van der Waals surface area contributed by atoms with Gasteiger partial charge in [0, 0.05) is 33.8 Å². The Morgan fingerprint density at radius 2 is 1.17 bits per heavy atom. The van der Waals surface area contributed by atoms with Gasteiger partial charge in [0.05, 0.1) is 0 Å². The Balaban J connectivity index is 3.40. The molecule has 0 bridgehead atoms. The second-order valence-corrected chi connectivity index (χ2v) is 9.27. The number of unbranched alkanes of at least 4 members (excludes halogenated alkanes) is 8. The van der Waals surface area contributed by atoms with Crippen LogP contribution in [0.4, 0.5) is 0 Å². The normalized spacial score (nSPS) is 11.7. The predicted octanol–water partition coefficient (Wildman–Crippen LogP) is 4.91. The van der Waals surface area contributed by atoms with Gasteiger partial charge < -0.3 is 13.3 Å². The molecular weight excluding hydrogens is 308 g/mol.